The number of hydrogen-bond acceptors (Lipinski definition) is 1. The van der Waals surface area contributed by atoms with Gasteiger partial charge in [0.1, 0.15) is 0 Å². The summed E-state index contributed by atoms with van der Waals surface area (Å²) in [5, 5.41) is 3.50. The van der Waals surface area contributed by atoms with Crippen molar-refractivity contribution in [1.29, 1.82) is 0 Å². The van der Waals surface area contributed by atoms with Crippen molar-refractivity contribution in [2.24, 2.45) is 11.8 Å². The van der Waals surface area contributed by atoms with Crippen LogP contribution >= 0.6 is 0 Å². The zero-order valence-electron chi connectivity index (χ0n) is 8.60. The molecule has 0 radical (unpaired) electrons. The molecule has 0 aromatic carbocycles. The fourth-order valence-electron chi connectivity index (χ4n) is 2.45. The summed E-state index contributed by atoms with van der Waals surface area (Å²) in [6.45, 7) is 7.18. The second kappa shape index (κ2) is 5.58. The molecule has 0 aliphatic carbocycles. The minimum Gasteiger partial charge on any atom is -0.317 e. The normalized spacial score (nSPS) is 32.5. The second-order valence-corrected chi connectivity index (χ2v) is 4.02. The largest absolute Gasteiger partial charge is 0.317 e. The van der Waals surface area contributed by atoms with Gasteiger partial charge in [0.25, 0.3) is 0 Å². The Bertz CT molecular complexity index is 97.6. The molecule has 1 heteroatoms. The van der Waals surface area contributed by atoms with Crippen LogP contribution in [-0.2, 0) is 0 Å². The third-order valence-corrected chi connectivity index (χ3v) is 3.34. The average molecular weight is 169 g/mol. The van der Waals surface area contributed by atoms with Crippen molar-refractivity contribution < 1.29 is 0 Å². The zero-order valence-corrected chi connectivity index (χ0v) is 8.60. The second-order valence-electron chi connectivity index (χ2n) is 4.02. The SMILES string of the molecule is CCC1CCCNCCC1CC. The highest BCUT2D eigenvalue weighted by Crippen LogP contribution is 2.27. The van der Waals surface area contributed by atoms with Crippen LogP contribution in [0.4, 0.5) is 0 Å². The van der Waals surface area contributed by atoms with Crippen LogP contribution in [0.5, 0.6) is 0 Å². The van der Waals surface area contributed by atoms with Gasteiger partial charge in [-0.3, -0.25) is 0 Å². The van der Waals surface area contributed by atoms with E-state index in [0.29, 0.717) is 0 Å². The first-order valence-corrected chi connectivity index (χ1v) is 5.59. The maximum Gasteiger partial charge on any atom is -0.00462 e. The van der Waals surface area contributed by atoms with Crippen molar-refractivity contribution >= 4 is 0 Å². The minimum atomic E-state index is 0.989. The summed E-state index contributed by atoms with van der Waals surface area (Å²) in [4.78, 5) is 0. The Balaban J connectivity index is 2.39. The average Bonchev–Trinajstić information content (AvgIpc) is 2.05. The van der Waals surface area contributed by atoms with Crippen LogP contribution in [0.15, 0.2) is 0 Å². The summed E-state index contributed by atoms with van der Waals surface area (Å²) in [5.41, 5.74) is 0. The van der Waals surface area contributed by atoms with E-state index in [1.807, 2.05) is 0 Å². The molecular weight excluding hydrogens is 146 g/mol. The third-order valence-electron chi connectivity index (χ3n) is 3.34. The smallest absolute Gasteiger partial charge is 0.00462 e. The van der Waals surface area contributed by atoms with Gasteiger partial charge in [-0.2, -0.15) is 0 Å². The van der Waals surface area contributed by atoms with E-state index >= 15 is 0 Å². The Morgan fingerprint density at radius 3 is 2.33 bits per heavy atom. The van der Waals surface area contributed by atoms with Crippen LogP contribution in [0.2, 0.25) is 0 Å². The lowest BCUT2D eigenvalue weighted by molar-refractivity contribution is 0.254. The topological polar surface area (TPSA) is 12.0 Å². The standard InChI is InChI=1S/C11H23N/c1-3-10-6-5-8-12-9-7-11(10)4-2/h10-12H,3-9H2,1-2H3. The van der Waals surface area contributed by atoms with Crippen molar-refractivity contribution in [1.82, 2.24) is 5.32 Å². The first kappa shape index (κ1) is 10.0. The van der Waals surface area contributed by atoms with Gasteiger partial charge in [-0.15, -0.1) is 0 Å². The Morgan fingerprint density at radius 2 is 1.67 bits per heavy atom. The Labute approximate surface area is 76.9 Å². The summed E-state index contributed by atoms with van der Waals surface area (Å²) in [6, 6.07) is 0. The Hall–Kier alpha value is -0.0400. The van der Waals surface area contributed by atoms with Gasteiger partial charge in [-0.05, 0) is 44.2 Å². The van der Waals surface area contributed by atoms with Gasteiger partial charge in [0.05, 0.1) is 0 Å². The van der Waals surface area contributed by atoms with Gasteiger partial charge < -0.3 is 5.32 Å². The molecule has 0 aromatic heterocycles. The molecule has 1 saturated heterocycles. The molecule has 1 fully saturated rings. The summed E-state index contributed by atoms with van der Waals surface area (Å²) in [7, 11) is 0. The molecule has 1 aliphatic heterocycles. The molecule has 1 N–H and O–H groups in total. The lowest BCUT2D eigenvalue weighted by Gasteiger charge is -2.27. The number of hydrogen-bond donors (Lipinski definition) is 1. The van der Waals surface area contributed by atoms with Crippen LogP contribution in [0.25, 0.3) is 0 Å². The van der Waals surface area contributed by atoms with Gasteiger partial charge in [-0.25, -0.2) is 0 Å². The van der Waals surface area contributed by atoms with Crippen molar-refractivity contribution in [3.05, 3.63) is 0 Å². The van der Waals surface area contributed by atoms with Gasteiger partial charge >= 0.3 is 0 Å². The monoisotopic (exact) mass is 169 g/mol. The molecular formula is C11H23N. The van der Waals surface area contributed by atoms with Crippen molar-refractivity contribution in [3.63, 3.8) is 0 Å². The van der Waals surface area contributed by atoms with E-state index in [4.69, 9.17) is 0 Å². The zero-order chi connectivity index (χ0) is 8.81. The summed E-state index contributed by atoms with van der Waals surface area (Å²) in [6.07, 6.45) is 6.99. The number of nitrogens with one attached hydrogen (secondary N) is 1. The van der Waals surface area contributed by atoms with E-state index in [2.05, 4.69) is 19.2 Å². The van der Waals surface area contributed by atoms with Crippen LogP contribution < -0.4 is 5.32 Å². The van der Waals surface area contributed by atoms with Crippen LogP contribution in [0.3, 0.4) is 0 Å². The third kappa shape index (κ3) is 2.78. The molecule has 12 heavy (non-hydrogen) atoms. The molecule has 72 valence electrons. The van der Waals surface area contributed by atoms with E-state index in [0.717, 1.165) is 11.8 Å². The first-order valence-electron chi connectivity index (χ1n) is 5.59. The molecule has 2 unspecified atom stereocenters. The predicted octanol–water partition coefficient (Wildman–Crippen LogP) is 2.81. The maximum atomic E-state index is 3.50. The van der Waals surface area contributed by atoms with Crippen molar-refractivity contribution in [2.45, 2.75) is 46.0 Å². The molecule has 0 spiro atoms. The van der Waals surface area contributed by atoms with Crippen LogP contribution in [0.1, 0.15) is 46.0 Å². The summed E-state index contributed by atoms with van der Waals surface area (Å²) < 4.78 is 0. The van der Waals surface area contributed by atoms with E-state index in [1.54, 1.807) is 0 Å². The van der Waals surface area contributed by atoms with Gasteiger partial charge in [0, 0.05) is 0 Å². The molecule has 1 heterocycles. The molecule has 0 saturated carbocycles. The van der Waals surface area contributed by atoms with Gasteiger partial charge in [0.2, 0.25) is 0 Å². The number of rotatable bonds is 2. The predicted molar refractivity (Wildman–Crippen MR) is 54.3 cm³/mol. The summed E-state index contributed by atoms with van der Waals surface area (Å²) >= 11 is 0. The highest BCUT2D eigenvalue weighted by atomic mass is 14.8. The van der Waals surface area contributed by atoms with Gasteiger partial charge in [0.15, 0.2) is 0 Å². The molecule has 0 amide bonds. The van der Waals surface area contributed by atoms with E-state index in [1.165, 1.54) is 45.2 Å². The summed E-state index contributed by atoms with van der Waals surface area (Å²) in [5.74, 6) is 2.00. The van der Waals surface area contributed by atoms with Crippen LogP contribution in [0, 0.1) is 11.8 Å². The fourth-order valence-corrected chi connectivity index (χ4v) is 2.45. The fraction of sp³-hybridized carbons (Fsp3) is 1.00. The maximum absolute atomic E-state index is 3.50. The highest BCUT2D eigenvalue weighted by Gasteiger charge is 2.18. The quantitative estimate of drug-likeness (QED) is 0.670. The van der Waals surface area contributed by atoms with E-state index in [-0.39, 0.29) is 0 Å². The molecule has 1 aliphatic rings. The molecule has 1 rings (SSSR count). The minimum absolute atomic E-state index is 0.989. The van der Waals surface area contributed by atoms with Crippen molar-refractivity contribution in [3.8, 4) is 0 Å². The highest BCUT2D eigenvalue weighted by molar-refractivity contribution is 4.72. The Kier molecular flexibility index (Phi) is 4.67. The van der Waals surface area contributed by atoms with E-state index < -0.39 is 0 Å². The van der Waals surface area contributed by atoms with Crippen molar-refractivity contribution in [2.75, 3.05) is 13.1 Å². The molecule has 2 atom stereocenters. The molecule has 0 aromatic rings. The Morgan fingerprint density at radius 1 is 1.00 bits per heavy atom. The lowest BCUT2D eigenvalue weighted by atomic mass is 9.81. The van der Waals surface area contributed by atoms with Crippen LogP contribution in [-0.4, -0.2) is 13.1 Å². The molecule has 1 nitrogen and oxygen atoms in total. The first-order chi connectivity index (χ1) is 5.88. The van der Waals surface area contributed by atoms with Gasteiger partial charge in [-0.1, -0.05) is 26.7 Å². The molecule has 0 bridgehead atoms. The van der Waals surface area contributed by atoms with E-state index in [9.17, 15) is 0 Å². The lowest BCUT2D eigenvalue weighted by Crippen LogP contribution is -2.27.